The minimum Gasteiger partial charge on any atom is -0.488 e. The van der Waals surface area contributed by atoms with E-state index in [1.165, 1.54) is 11.3 Å². The van der Waals surface area contributed by atoms with Crippen LogP contribution in [0.25, 0.3) is 12.2 Å². The van der Waals surface area contributed by atoms with Crippen molar-refractivity contribution in [2.75, 3.05) is 31.2 Å². The summed E-state index contributed by atoms with van der Waals surface area (Å²) in [6.45, 7) is 1.28. The molecule has 2 aromatic carbocycles. The number of hydrogen-bond donors (Lipinski definition) is 2. The molecule has 0 spiro atoms. The van der Waals surface area contributed by atoms with Crippen LogP contribution in [0.1, 0.15) is 25.7 Å². The van der Waals surface area contributed by atoms with E-state index in [0.29, 0.717) is 30.3 Å². The second-order valence-corrected chi connectivity index (χ2v) is 7.77. The first kappa shape index (κ1) is 21.8. The first-order chi connectivity index (χ1) is 14.7. The number of rotatable bonds is 11. The van der Waals surface area contributed by atoms with Crippen molar-refractivity contribution in [3.63, 3.8) is 0 Å². The molecule has 0 saturated carbocycles. The van der Waals surface area contributed by atoms with E-state index in [4.69, 9.17) is 4.74 Å². The number of anilines is 1. The molecule has 0 aliphatic rings. The van der Waals surface area contributed by atoms with Crippen LogP contribution in [0.4, 0.5) is 5.69 Å². The quantitative estimate of drug-likeness (QED) is 0.455. The molecule has 0 saturated heterocycles. The average Bonchev–Trinajstić information content (AvgIpc) is 3.25. The summed E-state index contributed by atoms with van der Waals surface area (Å²) in [7, 11) is 0. The Balaban J connectivity index is 1.87. The summed E-state index contributed by atoms with van der Waals surface area (Å²) in [5.41, 5.74) is 2.84. The van der Waals surface area contributed by atoms with Gasteiger partial charge in [0.2, 0.25) is 0 Å². The molecule has 0 aliphatic carbocycles. The predicted octanol–water partition coefficient (Wildman–Crippen LogP) is 4.10. The summed E-state index contributed by atoms with van der Waals surface area (Å²) in [6.07, 6.45) is 4.77. The van der Waals surface area contributed by atoms with Crippen LogP contribution >= 0.6 is 11.3 Å². The summed E-state index contributed by atoms with van der Waals surface area (Å²) in [6, 6.07) is 19.5. The topological polar surface area (TPSA) is 70.0 Å². The zero-order valence-electron chi connectivity index (χ0n) is 16.6. The highest BCUT2D eigenvalue weighted by Gasteiger charge is 2.10. The second-order valence-electron chi connectivity index (χ2n) is 6.62. The largest absolute Gasteiger partial charge is 0.488 e. The van der Waals surface area contributed by atoms with Gasteiger partial charge in [0, 0.05) is 35.3 Å². The molecule has 0 bridgehead atoms. The SMILES string of the molecule is O=Cc1ccc(/C=C/c2ccc(N(CCO)CCO)cc2OCc2ccccc2)s1. The molecular weight excluding hydrogens is 398 g/mol. The lowest BCUT2D eigenvalue weighted by molar-refractivity contribution is 0.112. The number of thiophene rings is 1. The monoisotopic (exact) mass is 423 g/mol. The summed E-state index contributed by atoms with van der Waals surface area (Å²) < 4.78 is 6.13. The Labute approximate surface area is 180 Å². The Morgan fingerprint density at radius 2 is 1.63 bits per heavy atom. The predicted molar refractivity (Wildman–Crippen MR) is 122 cm³/mol. The Hall–Kier alpha value is -2.93. The highest BCUT2D eigenvalue weighted by molar-refractivity contribution is 7.14. The zero-order valence-corrected chi connectivity index (χ0v) is 17.4. The van der Waals surface area contributed by atoms with Gasteiger partial charge in [0.1, 0.15) is 12.4 Å². The Morgan fingerprint density at radius 1 is 0.900 bits per heavy atom. The van der Waals surface area contributed by atoms with E-state index in [1.807, 2.05) is 71.6 Å². The van der Waals surface area contributed by atoms with Crippen LogP contribution in [0.5, 0.6) is 5.75 Å². The third-order valence-electron chi connectivity index (χ3n) is 4.53. The molecule has 2 N–H and O–H groups in total. The van der Waals surface area contributed by atoms with E-state index >= 15 is 0 Å². The van der Waals surface area contributed by atoms with Crippen molar-refractivity contribution in [2.24, 2.45) is 0 Å². The highest BCUT2D eigenvalue weighted by Crippen LogP contribution is 2.29. The number of aldehydes is 1. The van der Waals surface area contributed by atoms with Crippen LogP contribution in [-0.2, 0) is 6.61 Å². The van der Waals surface area contributed by atoms with Crippen molar-refractivity contribution in [1.29, 1.82) is 0 Å². The number of aliphatic hydroxyl groups is 2. The molecule has 0 atom stereocenters. The zero-order chi connectivity index (χ0) is 21.2. The number of aliphatic hydroxyl groups excluding tert-OH is 2. The van der Waals surface area contributed by atoms with Crippen molar-refractivity contribution in [1.82, 2.24) is 0 Å². The van der Waals surface area contributed by atoms with Crippen molar-refractivity contribution >= 4 is 35.5 Å². The van der Waals surface area contributed by atoms with E-state index in [-0.39, 0.29) is 13.2 Å². The van der Waals surface area contributed by atoms with Gasteiger partial charge < -0.3 is 19.8 Å². The highest BCUT2D eigenvalue weighted by atomic mass is 32.1. The van der Waals surface area contributed by atoms with Gasteiger partial charge >= 0.3 is 0 Å². The molecule has 0 aliphatic heterocycles. The number of hydrogen-bond acceptors (Lipinski definition) is 6. The molecule has 0 unspecified atom stereocenters. The van der Waals surface area contributed by atoms with Crippen LogP contribution in [0.2, 0.25) is 0 Å². The summed E-state index contributed by atoms with van der Waals surface area (Å²) in [5.74, 6) is 0.709. The molecule has 0 amide bonds. The first-order valence-corrected chi connectivity index (χ1v) is 10.6. The minimum absolute atomic E-state index is 0.000691. The van der Waals surface area contributed by atoms with Crippen LogP contribution in [-0.4, -0.2) is 42.8 Å². The van der Waals surface area contributed by atoms with Crippen molar-refractivity contribution in [2.45, 2.75) is 6.61 Å². The van der Waals surface area contributed by atoms with Gasteiger partial charge in [-0.2, -0.15) is 0 Å². The van der Waals surface area contributed by atoms with E-state index in [1.54, 1.807) is 6.07 Å². The fraction of sp³-hybridized carbons (Fsp3) is 0.208. The fourth-order valence-electron chi connectivity index (χ4n) is 3.02. The molecule has 0 radical (unpaired) electrons. The Kier molecular flexibility index (Phi) is 8.20. The maximum Gasteiger partial charge on any atom is 0.160 e. The molecule has 1 aromatic heterocycles. The molecule has 6 heteroatoms. The van der Waals surface area contributed by atoms with Gasteiger partial charge in [-0.05, 0) is 42.0 Å². The fourth-order valence-corrected chi connectivity index (χ4v) is 3.75. The van der Waals surface area contributed by atoms with Gasteiger partial charge in [0.05, 0.1) is 18.1 Å². The van der Waals surface area contributed by atoms with E-state index in [9.17, 15) is 15.0 Å². The lowest BCUT2D eigenvalue weighted by atomic mass is 10.1. The Bertz CT molecular complexity index is 962. The van der Waals surface area contributed by atoms with Crippen molar-refractivity contribution < 1.29 is 19.7 Å². The first-order valence-electron chi connectivity index (χ1n) is 9.74. The van der Waals surface area contributed by atoms with Gasteiger partial charge in [-0.15, -0.1) is 11.3 Å². The van der Waals surface area contributed by atoms with Gasteiger partial charge in [-0.25, -0.2) is 0 Å². The Morgan fingerprint density at radius 3 is 2.30 bits per heavy atom. The molecule has 0 fully saturated rings. The minimum atomic E-state index is -0.000691. The lowest BCUT2D eigenvalue weighted by Gasteiger charge is -2.24. The summed E-state index contributed by atoms with van der Waals surface area (Å²) in [4.78, 5) is 14.5. The molecule has 5 nitrogen and oxygen atoms in total. The molecular formula is C24H25NO4S. The number of carbonyl (C=O) groups excluding carboxylic acids is 1. The van der Waals surface area contributed by atoms with Crippen LogP contribution < -0.4 is 9.64 Å². The van der Waals surface area contributed by atoms with Gasteiger partial charge in [-0.1, -0.05) is 30.3 Å². The molecule has 1 heterocycles. The number of ether oxygens (including phenoxy) is 1. The smallest absolute Gasteiger partial charge is 0.160 e. The van der Waals surface area contributed by atoms with Crippen molar-refractivity contribution in [3.8, 4) is 5.75 Å². The maximum absolute atomic E-state index is 10.9. The number of benzene rings is 2. The normalized spacial score (nSPS) is 11.0. The summed E-state index contributed by atoms with van der Waals surface area (Å²) >= 11 is 1.43. The lowest BCUT2D eigenvalue weighted by Crippen LogP contribution is -2.29. The molecule has 156 valence electrons. The number of carbonyl (C=O) groups is 1. The molecule has 30 heavy (non-hydrogen) atoms. The van der Waals surface area contributed by atoms with E-state index in [2.05, 4.69) is 0 Å². The average molecular weight is 424 g/mol. The molecule has 3 aromatic rings. The summed E-state index contributed by atoms with van der Waals surface area (Å²) in [5, 5.41) is 18.7. The van der Waals surface area contributed by atoms with Gasteiger partial charge in [0.15, 0.2) is 6.29 Å². The van der Waals surface area contributed by atoms with Crippen molar-refractivity contribution in [3.05, 3.63) is 81.5 Å². The van der Waals surface area contributed by atoms with E-state index < -0.39 is 0 Å². The van der Waals surface area contributed by atoms with Crippen LogP contribution in [0, 0.1) is 0 Å². The maximum atomic E-state index is 10.9. The standard InChI is InChI=1S/C24H25NO4S/c26-14-12-25(13-15-27)21-8-6-20(7-9-22-10-11-23(17-28)30-22)24(16-21)29-18-19-4-2-1-3-5-19/h1-11,16-17,26-27H,12-15,18H2/b9-7+. The van der Waals surface area contributed by atoms with Gasteiger partial charge in [0.25, 0.3) is 0 Å². The van der Waals surface area contributed by atoms with Crippen LogP contribution in [0.15, 0.2) is 60.7 Å². The van der Waals surface area contributed by atoms with Gasteiger partial charge in [-0.3, -0.25) is 4.79 Å². The third kappa shape index (κ3) is 6.03. The van der Waals surface area contributed by atoms with Crippen LogP contribution in [0.3, 0.4) is 0 Å². The molecule has 3 rings (SSSR count). The second kappa shape index (κ2) is 11.3. The number of nitrogens with zero attached hydrogens (tertiary/aromatic N) is 1. The van der Waals surface area contributed by atoms with E-state index in [0.717, 1.165) is 28.0 Å². The third-order valence-corrected chi connectivity index (χ3v) is 5.51.